The summed E-state index contributed by atoms with van der Waals surface area (Å²) in [4.78, 5) is 0.0807. The van der Waals surface area contributed by atoms with Gasteiger partial charge in [0.25, 0.3) is 0 Å². The van der Waals surface area contributed by atoms with Crippen molar-refractivity contribution in [1.82, 2.24) is 10.0 Å². The zero-order chi connectivity index (χ0) is 15.2. The maximum atomic E-state index is 12.3. The van der Waals surface area contributed by atoms with Crippen LogP contribution in [-0.2, 0) is 10.0 Å². The summed E-state index contributed by atoms with van der Waals surface area (Å²) in [6.07, 6.45) is 0.704. The first-order chi connectivity index (χ1) is 9.46. The van der Waals surface area contributed by atoms with Crippen LogP contribution in [0.1, 0.15) is 6.42 Å². The highest BCUT2D eigenvalue weighted by Gasteiger charge is 2.21. The predicted octanol–water partition coefficient (Wildman–Crippen LogP) is 1.35. The van der Waals surface area contributed by atoms with E-state index in [-0.39, 0.29) is 10.6 Å². The van der Waals surface area contributed by atoms with Crippen molar-refractivity contribution in [2.24, 2.45) is 0 Å². The minimum absolute atomic E-state index is 0.0807. The van der Waals surface area contributed by atoms with E-state index in [0.717, 1.165) is 6.54 Å². The van der Waals surface area contributed by atoms with Crippen molar-refractivity contribution in [2.75, 3.05) is 34.4 Å². The first-order valence-corrected chi connectivity index (χ1v) is 8.29. The summed E-state index contributed by atoms with van der Waals surface area (Å²) < 4.78 is 37.8. The van der Waals surface area contributed by atoms with Crippen molar-refractivity contribution in [1.29, 1.82) is 0 Å². The molecule has 0 amide bonds. The summed E-state index contributed by atoms with van der Waals surface area (Å²) >= 11 is 3.27. The van der Waals surface area contributed by atoms with Crippen LogP contribution in [0.25, 0.3) is 0 Å². The number of hydrogen-bond donors (Lipinski definition) is 2. The topological polar surface area (TPSA) is 76.7 Å². The number of benzene rings is 1. The summed E-state index contributed by atoms with van der Waals surface area (Å²) in [7, 11) is 1.12. The molecule has 0 aliphatic rings. The van der Waals surface area contributed by atoms with Crippen LogP contribution in [0.2, 0.25) is 0 Å². The first-order valence-electron chi connectivity index (χ1n) is 6.02. The molecule has 0 radical (unpaired) electrons. The third kappa shape index (κ3) is 4.34. The van der Waals surface area contributed by atoms with Gasteiger partial charge in [0.1, 0.15) is 16.4 Å². The van der Waals surface area contributed by atoms with Gasteiger partial charge in [-0.2, -0.15) is 0 Å². The Bertz CT molecular complexity index is 549. The number of halogens is 1. The van der Waals surface area contributed by atoms with Gasteiger partial charge in [-0.25, -0.2) is 13.1 Å². The largest absolute Gasteiger partial charge is 0.495 e. The van der Waals surface area contributed by atoms with E-state index in [1.807, 2.05) is 7.05 Å². The zero-order valence-corrected chi connectivity index (χ0v) is 14.1. The Hall–Kier alpha value is -0.830. The highest BCUT2D eigenvalue weighted by atomic mass is 79.9. The number of rotatable bonds is 8. The molecule has 0 aliphatic heterocycles. The highest BCUT2D eigenvalue weighted by Crippen LogP contribution is 2.35. The molecule has 0 aromatic heterocycles. The molecular weight excluding hydrogens is 348 g/mol. The molecule has 0 aliphatic carbocycles. The van der Waals surface area contributed by atoms with Gasteiger partial charge < -0.3 is 14.8 Å². The van der Waals surface area contributed by atoms with Crippen LogP contribution in [0.3, 0.4) is 0 Å². The van der Waals surface area contributed by atoms with Gasteiger partial charge in [-0.05, 0) is 42.0 Å². The fraction of sp³-hybridized carbons (Fsp3) is 0.500. The lowest BCUT2D eigenvalue weighted by molar-refractivity contribution is 0.384. The van der Waals surface area contributed by atoms with E-state index in [0.29, 0.717) is 23.2 Å². The van der Waals surface area contributed by atoms with Gasteiger partial charge >= 0.3 is 0 Å². The molecule has 1 aromatic carbocycles. The minimum Gasteiger partial charge on any atom is -0.495 e. The maximum absolute atomic E-state index is 12.3. The minimum atomic E-state index is -3.62. The van der Waals surface area contributed by atoms with Gasteiger partial charge in [0.15, 0.2) is 0 Å². The van der Waals surface area contributed by atoms with Crippen LogP contribution in [-0.4, -0.2) is 42.8 Å². The SMILES string of the molecule is CNCCCNS(=O)(=O)c1cc(Br)c(OC)cc1OC. The zero-order valence-electron chi connectivity index (χ0n) is 11.7. The maximum Gasteiger partial charge on any atom is 0.244 e. The van der Waals surface area contributed by atoms with E-state index >= 15 is 0 Å². The fourth-order valence-electron chi connectivity index (χ4n) is 1.59. The fourth-order valence-corrected chi connectivity index (χ4v) is 3.50. The Morgan fingerprint density at radius 2 is 1.80 bits per heavy atom. The van der Waals surface area contributed by atoms with Crippen LogP contribution in [0.5, 0.6) is 11.5 Å². The van der Waals surface area contributed by atoms with Gasteiger partial charge in [0.05, 0.1) is 18.7 Å². The number of hydrogen-bond acceptors (Lipinski definition) is 5. The molecule has 0 atom stereocenters. The Morgan fingerprint density at radius 1 is 1.15 bits per heavy atom. The summed E-state index contributed by atoms with van der Waals surface area (Å²) in [6, 6.07) is 3.00. The molecule has 114 valence electrons. The van der Waals surface area contributed by atoms with E-state index in [2.05, 4.69) is 26.0 Å². The standard InChI is InChI=1S/C12H19BrN2O4S/c1-14-5-4-6-15-20(16,17)12-7-9(13)10(18-2)8-11(12)19-3/h7-8,14-15H,4-6H2,1-3H3. The third-order valence-corrected chi connectivity index (χ3v) is 4.73. The van der Waals surface area contributed by atoms with Crippen molar-refractivity contribution in [2.45, 2.75) is 11.3 Å². The third-order valence-electron chi connectivity index (χ3n) is 2.62. The molecular formula is C12H19BrN2O4S. The molecule has 8 heteroatoms. The average Bonchev–Trinajstić information content (AvgIpc) is 2.43. The Kier molecular flexibility index (Phi) is 6.74. The van der Waals surface area contributed by atoms with E-state index in [4.69, 9.17) is 9.47 Å². The van der Waals surface area contributed by atoms with Crippen molar-refractivity contribution < 1.29 is 17.9 Å². The second-order valence-electron chi connectivity index (χ2n) is 3.99. The van der Waals surface area contributed by atoms with Crippen molar-refractivity contribution in [3.8, 4) is 11.5 Å². The van der Waals surface area contributed by atoms with E-state index in [1.165, 1.54) is 26.4 Å². The van der Waals surface area contributed by atoms with Gasteiger partial charge in [-0.1, -0.05) is 0 Å². The summed E-state index contributed by atoms with van der Waals surface area (Å²) in [5, 5.41) is 2.96. The first kappa shape index (κ1) is 17.2. The molecule has 6 nitrogen and oxygen atoms in total. The van der Waals surface area contributed by atoms with Crippen LogP contribution < -0.4 is 19.5 Å². The Morgan fingerprint density at radius 3 is 2.35 bits per heavy atom. The molecule has 0 saturated heterocycles. The molecule has 0 unspecified atom stereocenters. The van der Waals surface area contributed by atoms with Crippen LogP contribution in [0, 0.1) is 0 Å². The molecule has 0 spiro atoms. The van der Waals surface area contributed by atoms with Gasteiger partial charge in [-0.3, -0.25) is 0 Å². The number of methoxy groups -OCH3 is 2. The predicted molar refractivity (Wildman–Crippen MR) is 81.0 cm³/mol. The van der Waals surface area contributed by atoms with Gasteiger partial charge in [-0.15, -0.1) is 0 Å². The Labute approximate surface area is 128 Å². The average molecular weight is 367 g/mol. The lowest BCUT2D eigenvalue weighted by Crippen LogP contribution is -2.27. The van der Waals surface area contributed by atoms with E-state index in [1.54, 1.807) is 0 Å². The molecule has 0 saturated carbocycles. The Balaban J connectivity index is 3.01. The smallest absolute Gasteiger partial charge is 0.244 e. The second kappa shape index (κ2) is 7.82. The molecule has 0 bridgehead atoms. The summed E-state index contributed by atoms with van der Waals surface area (Å²) in [6.45, 7) is 1.10. The van der Waals surface area contributed by atoms with Crippen molar-refractivity contribution in [3.05, 3.63) is 16.6 Å². The number of nitrogens with one attached hydrogen (secondary N) is 2. The molecule has 2 N–H and O–H groups in total. The summed E-state index contributed by atoms with van der Waals surface area (Å²) in [5.74, 6) is 0.752. The lowest BCUT2D eigenvalue weighted by Gasteiger charge is -2.13. The lowest BCUT2D eigenvalue weighted by atomic mass is 10.3. The van der Waals surface area contributed by atoms with Crippen LogP contribution >= 0.6 is 15.9 Å². The van der Waals surface area contributed by atoms with Gasteiger partial charge in [0.2, 0.25) is 10.0 Å². The van der Waals surface area contributed by atoms with Crippen LogP contribution in [0.15, 0.2) is 21.5 Å². The quantitative estimate of drug-likeness (QED) is 0.679. The molecule has 0 fully saturated rings. The molecule has 20 heavy (non-hydrogen) atoms. The second-order valence-corrected chi connectivity index (χ2v) is 6.58. The highest BCUT2D eigenvalue weighted by molar-refractivity contribution is 9.10. The molecule has 1 aromatic rings. The van der Waals surface area contributed by atoms with E-state index < -0.39 is 10.0 Å². The number of ether oxygens (including phenoxy) is 2. The summed E-state index contributed by atoms with van der Waals surface area (Å²) in [5.41, 5.74) is 0. The number of sulfonamides is 1. The van der Waals surface area contributed by atoms with Gasteiger partial charge in [0, 0.05) is 12.6 Å². The molecule has 1 rings (SSSR count). The van der Waals surface area contributed by atoms with Crippen molar-refractivity contribution in [3.63, 3.8) is 0 Å². The monoisotopic (exact) mass is 366 g/mol. The van der Waals surface area contributed by atoms with E-state index in [9.17, 15) is 8.42 Å². The normalized spacial score (nSPS) is 11.4. The van der Waals surface area contributed by atoms with Crippen LogP contribution in [0.4, 0.5) is 0 Å². The van der Waals surface area contributed by atoms with Crippen molar-refractivity contribution >= 4 is 26.0 Å². The molecule has 0 heterocycles.